The van der Waals surface area contributed by atoms with Crippen LogP contribution in [-0.2, 0) is 4.74 Å². The van der Waals surface area contributed by atoms with Crippen molar-refractivity contribution in [3.8, 4) is 0 Å². The number of rotatable bonds is 3. The first-order valence-electron chi connectivity index (χ1n) is 7.41. The van der Waals surface area contributed by atoms with E-state index in [1.807, 2.05) is 27.7 Å². The van der Waals surface area contributed by atoms with E-state index in [-0.39, 0.29) is 17.9 Å². The molecule has 122 valence electrons. The second-order valence-corrected chi connectivity index (χ2v) is 7.40. The Hall–Kier alpha value is -1.47. The van der Waals surface area contributed by atoms with Crippen molar-refractivity contribution in [1.82, 2.24) is 14.8 Å². The Bertz CT molecular complexity index is 525. The maximum absolute atomic E-state index is 12.1. The summed E-state index contributed by atoms with van der Waals surface area (Å²) in [7, 11) is 0. The molecule has 0 saturated carbocycles. The molecular formula is C15H23N3O3S. The Morgan fingerprint density at radius 2 is 2.14 bits per heavy atom. The van der Waals surface area contributed by atoms with Crippen LogP contribution in [-0.4, -0.2) is 64.5 Å². The molecule has 2 heterocycles. The largest absolute Gasteiger partial charge is 0.444 e. The summed E-state index contributed by atoms with van der Waals surface area (Å²) in [6, 6.07) is 0.116. The number of ketones is 1. The highest BCUT2D eigenvalue weighted by atomic mass is 32.1. The van der Waals surface area contributed by atoms with Gasteiger partial charge in [0, 0.05) is 37.3 Å². The number of ether oxygens (including phenoxy) is 1. The van der Waals surface area contributed by atoms with Gasteiger partial charge >= 0.3 is 6.09 Å². The fraction of sp³-hybridized carbons (Fsp3) is 0.667. The fourth-order valence-corrected chi connectivity index (χ4v) is 2.90. The Morgan fingerprint density at radius 3 is 2.68 bits per heavy atom. The SMILES string of the molecule is C[C@H]1CN(C(=O)OC(C)(C)C)CCN1CC(=O)c1nccs1. The van der Waals surface area contributed by atoms with Gasteiger partial charge in [-0.25, -0.2) is 9.78 Å². The third-order valence-corrected chi connectivity index (χ3v) is 4.25. The lowest BCUT2D eigenvalue weighted by Gasteiger charge is -2.39. The van der Waals surface area contributed by atoms with Crippen LogP contribution in [0.2, 0.25) is 0 Å². The summed E-state index contributed by atoms with van der Waals surface area (Å²) in [4.78, 5) is 32.1. The number of thiazole rings is 1. The summed E-state index contributed by atoms with van der Waals surface area (Å²) in [6.07, 6.45) is 1.35. The zero-order valence-electron chi connectivity index (χ0n) is 13.5. The van der Waals surface area contributed by atoms with Gasteiger partial charge in [-0.2, -0.15) is 0 Å². The Labute approximate surface area is 135 Å². The number of hydrogen-bond donors (Lipinski definition) is 0. The van der Waals surface area contributed by atoms with Crippen LogP contribution >= 0.6 is 11.3 Å². The summed E-state index contributed by atoms with van der Waals surface area (Å²) >= 11 is 1.36. The number of piperazine rings is 1. The van der Waals surface area contributed by atoms with Gasteiger partial charge < -0.3 is 9.64 Å². The van der Waals surface area contributed by atoms with Gasteiger partial charge in [-0.3, -0.25) is 9.69 Å². The second kappa shape index (κ2) is 6.75. The van der Waals surface area contributed by atoms with Crippen LogP contribution in [0, 0.1) is 0 Å². The molecule has 1 atom stereocenters. The first kappa shape index (κ1) is 16.9. The molecular weight excluding hydrogens is 302 g/mol. The molecule has 0 spiro atoms. The van der Waals surface area contributed by atoms with Crippen LogP contribution in [0.3, 0.4) is 0 Å². The monoisotopic (exact) mass is 325 g/mol. The van der Waals surface area contributed by atoms with Gasteiger partial charge in [-0.05, 0) is 27.7 Å². The van der Waals surface area contributed by atoms with Crippen LogP contribution in [0.25, 0.3) is 0 Å². The third kappa shape index (κ3) is 4.51. The van der Waals surface area contributed by atoms with Crippen LogP contribution in [0.5, 0.6) is 0 Å². The maximum Gasteiger partial charge on any atom is 0.410 e. The minimum atomic E-state index is -0.488. The van der Waals surface area contributed by atoms with E-state index in [0.29, 0.717) is 31.2 Å². The first-order chi connectivity index (χ1) is 10.3. The lowest BCUT2D eigenvalue weighted by atomic mass is 10.1. The van der Waals surface area contributed by atoms with E-state index in [0.717, 1.165) is 0 Å². The summed E-state index contributed by atoms with van der Waals surface area (Å²) in [5.74, 6) is 0.0348. The lowest BCUT2D eigenvalue weighted by molar-refractivity contribution is 0.00658. The van der Waals surface area contributed by atoms with Crippen molar-refractivity contribution in [2.45, 2.75) is 39.3 Å². The Morgan fingerprint density at radius 1 is 1.41 bits per heavy atom. The normalized spacial score (nSPS) is 20.0. The molecule has 0 bridgehead atoms. The van der Waals surface area contributed by atoms with Gasteiger partial charge in [0.25, 0.3) is 0 Å². The standard InChI is InChI=1S/C15H23N3O3S/c1-11-9-18(14(20)21-15(2,3)4)7-6-17(11)10-12(19)13-16-5-8-22-13/h5,8,11H,6-7,9-10H2,1-4H3/t11-/m0/s1. The van der Waals surface area contributed by atoms with E-state index in [4.69, 9.17) is 4.74 Å². The van der Waals surface area contributed by atoms with Gasteiger partial charge in [0.15, 0.2) is 5.01 Å². The fourth-order valence-electron chi connectivity index (χ4n) is 2.34. The molecule has 1 fully saturated rings. The van der Waals surface area contributed by atoms with E-state index in [2.05, 4.69) is 9.88 Å². The molecule has 1 aliphatic rings. The predicted octanol–water partition coefficient (Wildman–Crippen LogP) is 2.27. The first-order valence-corrected chi connectivity index (χ1v) is 8.29. The number of carbonyl (C=O) groups excluding carboxylic acids is 2. The zero-order valence-corrected chi connectivity index (χ0v) is 14.4. The number of carbonyl (C=O) groups is 2. The predicted molar refractivity (Wildman–Crippen MR) is 85.3 cm³/mol. The minimum absolute atomic E-state index is 0.0348. The van der Waals surface area contributed by atoms with Crippen LogP contribution in [0.15, 0.2) is 11.6 Å². The van der Waals surface area contributed by atoms with E-state index >= 15 is 0 Å². The molecule has 6 nitrogen and oxygen atoms in total. The Kier molecular flexibility index (Phi) is 5.18. The number of aromatic nitrogens is 1. The van der Waals surface area contributed by atoms with Crippen molar-refractivity contribution in [2.24, 2.45) is 0 Å². The highest BCUT2D eigenvalue weighted by molar-refractivity contribution is 7.11. The highest BCUT2D eigenvalue weighted by Crippen LogP contribution is 2.16. The van der Waals surface area contributed by atoms with Crippen molar-refractivity contribution in [3.05, 3.63) is 16.6 Å². The molecule has 1 amide bonds. The molecule has 2 rings (SSSR count). The van der Waals surface area contributed by atoms with Gasteiger partial charge in [0.2, 0.25) is 5.78 Å². The smallest absolute Gasteiger partial charge is 0.410 e. The van der Waals surface area contributed by atoms with Crippen molar-refractivity contribution >= 4 is 23.2 Å². The second-order valence-electron chi connectivity index (χ2n) is 6.51. The molecule has 1 aliphatic heterocycles. The maximum atomic E-state index is 12.1. The molecule has 0 N–H and O–H groups in total. The summed E-state index contributed by atoms with van der Waals surface area (Å²) in [5.41, 5.74) is -0.488. The van der Waals surface area contributed by atoms with E-state index in [1.54, 1.807) is 16.5 Å². The van der Waals surface area contributed by atoms with E-state index in [9.17, 15) is 9.59 Å². The van der Waals surface area contributed by atoms with Crippen LogP contribution < -0.4 is 0 Å². The lowest BCUT2D eigenvalue weighted by Crippen LogP contribution is -2.55. The quantitative estimate of drug-likeness (QED) is 0.798. The average Bonchev–Trinajstić information content (AvgIpc) is 2.93. The van der Waals surface area contributed by atoms with Gasteiger partial charge in [0.05, 0.1) is 6.54 Å². The number of nitrogens with zero attached hydrogens (tertiary/aromatic N) is 3. The Balaban J connectivity index is 1.87. The summed E-state index contributed by atoms with van der Waals surface area (Å²) in [6.45, 7) is 9.75. The molecule has 0 radical (unpaired) electrons. The molecule has 1 aromatic rings. The minimum Gasteiger partial charge on any atom is -0.444 e. The van der Waals surface area contributed by atoms with E-state index < -0.39 is 5.60 Å². The summed E-state index contributed by atoms with van der Waals surface area (Å²) < 4.78 is 5.39. The molecule has 0 unspecified atom stereocenters. The number of hydrogen-bond acceptors (Lipinski definition) is 6. The molecule has 0 aliphatic carbocycles. The number of amides is 1. The average molecular weight is 325 g/mol. The van der Waals surface area contributed by atoms with Crippen molar-refractivity contribution in [3.63, 3.8) is 0 Å². The molecule has 1 aromatic heterocycles. The van der Waals surface area contributed by atoms with Gasteiger partial charge in [-0.15, -0.1) is 11.3 Å². The summed E-state index contributed by atoms with van der Waals surface area (Å²) in [5, 5.41) is 2.35. The topological polar surface area (TPSA) is 62.7 Å². The van der Waals surface area contributed by atoms with Crippen molar-refractivity contribution in [2.75, 3.05) is 26.2 Å². The highest BCUT2D eigenvalue weighted by Gasteiger charge is 2.30. The third-order valence-electron chi connectivity index (χ3n) is 3.43. The zero-order chi connectivity index (χ0) is 16.3. The number of Topliss-reactive ketones (excluding diaryl/α,β-unsaturated/α-hetero) is 1. The van der Waals surface area contributed by atoms with Crippen molar-refractivity contribution in [1.29, 1.82) is 0 Å². The van der Waals surface area contributed by atoms with Gasteiger partial charge in [0.1, 0.15) is 5.60 Å². The van der Waals surface area contributed by atoms with Crippen molar-refractivity contribution < 1.29 is 14.3 Å². The van der Waals surface area contributed by atoms with Crippen LogP contribution in [0.4, 0.5) is 4.79 Å². The molecule has 22 heavy (non-hydrogen) atoms. The molecule has 7 heteroatoms. The van der Waals surface area contributed by atoms with Crippen LogP contribution in [0.1, 0.15) is 37.5 Å². The molecule has 0 aromatic carbocycles. The molecule has 1 saturated heterocycles. The van der Waals surface area contributed by atoms with E-state index in [1.165, 1.54) is 11.3 Å². The van der Waals surface area contributed by atoms with Gasteiger partial charge in [-0.1, -0.05) is 0 Å².